The summed E-state index contributed by atoms with van der Waals surface area (Å²) in [6.45, 7) is 10.1. The number of nitrogens with one attached hydrogen (secondary N) is 4. The zero-order chi connectivity index (χ0) is 47.4. The average Bonchev–Trinajstić information content (AvgIpc) is 3.81. The van der Waals surface area contributed by atoms with E-state index in [1.807, 2.05) is 32.0 Å². The number of aromatic nitrogens is 3. The van der Waals surface area contributed by atoms with Gasteiger partial charge in [-0.1, -0.05) is 60.0 Å². The number of rotatable bonds is 26. The quantitative estimate of drug-likeness (QED) is 0.0246. The highest BCUT2D eigenvalue weighted by molar-refractivity contribution is 7.17. The maximum absolute atomic E-state index is 13.2. The number of piperazine rings is 1. The molecule has 4 N–H and O–H groups in total. The summed E-state index contributed by atoms with van der Waals surface area (Å²) >= 11 is 13.2. The van der Waals surface area contributed by atoms with Crippen LogP contribution in [0.4, 0.5) is 22.5 Å². The number of nitrogens with zero attached hydrogens (tertiary/aromatic N) is 5. The van der Waals surface area contributed by atoms with Crippen LogP contribution >= 0.6 is 34.5 Å². The second kappa shape index (κ2) is 26.6. The van der Waals surface area contributed by atoms with Gasteiger partial charge in [0, 0.05) is 81.1 Å². The number of ketones is 1. The lowest BCUT2D eigenvalue weighted by molar-refractivity contribution is -0.123. The van der Waals surface area contributed by atoms with E-state index in [1.54, 1.807) is 54.6 Å². The number of unbranched alkanes of at least 4 members (excludes halogenated alkanes) is 3. The Morgan fingerprint density at radius 3 is 2.19 bits per heavy atom. The van der Waals surface area contributed by atoms with Crippen LogP contribution in [0, 0.1) is 13.8 Å². The first kappa shape index (κ1) is 50.7. The van der Waals surface area contributed by atoms with Gasteiger partial charge in [-0.25, -0.2) is 15.0 Å². The standard InChI is InChI=1S/C48H57Cl2N9O7S/c1-33-8-7-9-39(50)44(33)57-47(63)40-31-53-48(67-40)56-41-30-42(55-34(2)54-41)59-24-22-58(23-25-59)21-19-52-46(62)37-12-10-35(11-13-37)45(61)36-14-16-38(17-15-36)66-32-43(60)51-20-27-65-29-28-64-26-6-4-3-5-18-49/h7-17,30-31H,3-6,18-29,32H2,1-2H3,(H,51,60)(H,52,62)(H,57,63)(H,53,54,55,56). The maximum atomic E-state index is 13.2. The number of halogens is 2. The van der Waals surface area contributed by atoms with Gasteiger partial charge in [0.25, 0.3) is 17.7 Å². The van der Waals surface area contributed by atoms with Crippen molar-refractivity contribution in [3.8, 4) is 5.75 Å². The van der Waals surface area contributed by atoms with E-state index >= 15 is 0 Å². The van der Waals surface area contributed by atoms with E-state index in [1.165, 1.54) is 17.5 Å². The summed E-state index contributed by atoms with van der Waals surface area (Å²) in [7, 11) is 0. The van der Waals surface area contributed by atoms with Crippen molar-refractivity contribution in [1.29, 1.82) is 0 Å². The molecule has 0 radical (unpaired) electrons. The molecule has 2 aromatic heterocycles. The van der Waals surface area contributed by atoms with Gasteiger partial charge in [0.1, 0.15) is 28.1 Å². The zero-order valence-electron chi connectivity index (χ0n) is 37.8. The Morgan fingerprint density at radius 2 is 1.46 bits per heavy atom. The number of hydrogen-bond donors (Lipinski definition) is 4. The number of carbonyl (C=O) groups excluding carboxylic acids is 4. The Bertz CT molecular complexity index is 2380. The smallest absolute Gasteiger partial charge is 0.267 e. The van der Waals surface area contributed by atoms with E-state index < -0.39 is 0 Å². The Kier molecular flexibility index (Phi) is 20.1. The van der Waals surface area contributed by atoms with Crippen molar-refractivity contribution in [3.63, 3.8) is 0 Å². The van der Waals surface area contributed by atoms with Gasteiger partial charge in [-0.05, 0) is 74.7 Å². The molecule has 0 bridgehead atoms. The lowest BCUT2D eigenvalue weighted by Gasteiger charge is -2.35. The van der Waals surface area contributed by atoms with E-state index in [-0.39, 0.29) is 30.1 Å². The Hall–Kier alpha value is -5.69. The minimum absolute atomic E-state index is 0.168. The largest absolute Gasteiger partial charge is 0.484 e. The van der Waals surface area contributed by atoms with Crippen molar-refractivity contribution in [2.75, 3.05) is 100 Å². The van der Waals surface area contributed by atoms with Crippen molar-refractivity contribution < 1.29 is 33.4 Å². The number of anilines is 4. The van der Waals surface area contributed by atoms with Crippen LogP contribution in [0.2, 0.25) is 5.02 Å². The van der Waals surface area contributed by atoms with Crippen LogP contribution in [0.5, 0.6) is 5.75 Å². The lowest BCUT2D eigenvalue weighted by atomic mass is 10.0. The molecule has 3 amide bonds. The van der Waals surface area contributed by atoms with Crippen LogP contribution in [0.3, 0.4) is 0 Å². The minimum Gasteiger partial charge on any atom is -0.484 e. The first-order valence-corrected chi connectivity index (χ1v) is 24.1. The molecule has 67 heavy (non-hydrogen) atoms. The van der Waals surface area contributed by atoms with Gasteiger partial charge >= 0.3 is 0 Å². The predicted molar refractivity (Wildman–Crippen MR) is 263 cm³/mol. The summed E-state index contributed by atoms with van der Waals surface area (Å²) in [5.41, 5.74) is 2.78. The van der Waals surface area contributed by atoms with Gasteiger partial charge in [0.05, 0.1) is 36.7 Å². The van der Waals surface area contributed by atoms with Crippen molar-refractivity contribution in [2.24, 2.45) is 0 Å². The van der Waals surface area contributed by atoms with Crippen molar-refractivity contribution in [3.05, 3.63) is 117 Å². The third kappa shape index (κ3) is 16.3. The number of hydrogen-bond acceptors (Lipinski definition) is 14. The summed E-state index contributed by atoms with van der Waals surface area (Å²) in [5, 5.41) is 12.8. The number of amides is 3. The minimum atomic E-state index is -0.300. The molecule has 19 heteroatoms. The third-order valence-electron chi connectivity index (χ3n) is 10.7. The molecule has 0 unspecified atom stereocenters. The fraction of sp³-hybridized carbons (Fsp3) is 0.396. The highest BCUT2D eigenvalue weighted by Gasteiger charge is 2.21. The topological polar surface area (TPSA) is 189 Å². The molecule has 6 rings (SSSR count). The molecule has 1 saturated heterocycles. The molecule has 1 aliphatic heterocycles. The fourth-order valence-electron chi connectivity index (χ4n) is 7.00. The first-order valence-electron chi connectivity index (χ1n) is 22.3. The van der Waals surface area contributed by atoms with Gasteiger partial charge in [-0.2, -0.15) is 0 Å². The molecule has 3 aromatic carbocycles. The molecule has 5 aromatic rings. The average molecular weight is 975 g/mol. The molecular formula is C48H57Cl2N9O7S. The highest BCUT2D eigenvalue weighted by Crippen LogP contribution is 2.29. The summed E-state index contributed by atoms with van der Waals surface area (Å²) in [5.74, 6) is 2.11. The summed E-state index contributed by atoms with van der Waals surface area (Å²) in [4.78, 5) is 69.8. The Balaban J connectivity index is 0.851. The normalized spacial score (nSPS) is 12.7. The van der Waals surface area contributed by atoms with Crippen molar-refractivity contribution in [1.82, 2.24) is 30.5 Å². The molecule has 0 aliphatic carbocycles. The molecule has 0 spiro atoms. The van der Waals surface area contributed by atoms with Gasteiger partial charge < -0.3 is 40.4 Å². The summed E-state index contributed by atoms with van der Waals surface area (Å²) in [6.07, 6.45) is 5.79. The third-order valence-corrected chi connectivity index (χ3v) is 12.2. The number of ether oxygens (including phenoxy) is 3. The molecule has 1 aliphatic rings. The molecule has 3 heterocycles. The Morgan fingerprint density at radius 1 is 0.761 bits per heavy atom. The number of carbonyl (C=O) groups is 4. The lowest BCUT2D eigenvalue weighted by Crippen LogP contribution is -2.48. The Labute approximate surface area is 405 Å². The van der Waals surface area contributed by atoms with Crippen LogP contribution in [-0.4, -0.2) is 128 Å². The second-order valence-electron chi connectivity index (χ2n) is 15.7. The first-order chi connectivity index (χ1) is 32.6. The number of para-hydroxylation sites is 1. The molecule has 16 nitrogen and oxygen atoms in total. The maximum Gasteiger partial charge on any atom is 0.267 e. The molecular weight excluding hydrogens is 918 g/mol. The highest BCUT2D eigenvalue weighted by atomic mass is 35.5. The van der Waals surface area contributed by atoms with Crippen LogP contribution in [0.25, 0.3) is 0 Å². The van der Waals surface area contributed by atoms with Crippen LogP contribution in [0.1, 0.15) is 73.0 Å². The molecule has 1 fully saturated rings. The van der Waals surface area contributed by atoms with E-state index in [2.05, 4.69) is 46.0 Å². The fourth-order valence-corrected chi connectivity index (χ4v) is 8.18. The SMILES string of the molecule is Cc1nc(Nc2ncc(C(=O)Nc3c(C)cccc3Cl)s2)cc(N2CCN(CCNC(=O)c3ccc(C(=O)c4ccc(OCC(=O)NCCOCCOCCCCCCCl)cc4)cc3)CC2)n1. The van der Waals surface area contributed by atoms with E-state index in [0.717, 1.165) is 63.2 Å². The van der Waals surface area contributed by atoms with Gasteiger partial charge in [0.15, 0.2) is 17.5 Å². The second-order valence-corrected chi connectivity index (χ2v) is 17.5. The zero-order valence-corrected chi connectivity index (χ0v) is 40.1. The monoisotopic (exact) mass is 973 g/mol. The van der Waals surface area contributed by atoms with E-state index in [0.29, 0.717) is 107 Å². The van der Waals surface area contributed by atoms with Crippen LogP contribution in [0.15, 0.2) is 79.0 Å². The molecule has 356 valence electrons. The number of aryl methyl sites for hydroxylation is 2. The number of alkyl halides is 1. The van der Waals surface area contributed by atoms with Crippen molar-refractivity contribution in [2.45, 2.75) is 39.5 Å². The van der Waals surface area contributed by atoms with Gasteiger partial charge in [0.2, 0.25) is 0 Å². The number of benzene rings is 3. The van der Waals surface area contributed by atoms with E-state index in [4.69, 9.17) is 37.4 Å². The number of thiazole rings is 1. The van der Waals surface area contributed by atoms with Gasteiger partial charge in [-0.15, -0.1) is 11.6 Å². The van der Waals surface area contributed by atoms with Gasteiger partial charge in [-0.3, -0.25) is 24.1 Å². The van der Waals surface area contributed by atoms with Crippen molar-refractivity contribution >= 4 is 80.5 Å². The van der Waals surface area contributed by atoms with Crippen LogP contribution in [-0.2, 0) is 14.3 Å². The predicted octanol–water partition coefficient (Wildman–Crippen LogP) is 7.31. The molecule has 0 saturated carbocycles. The summed E-state index contributed by atoms with van der Waals surface area (Å²) < 4.78 is 16.6. The molecule has 0 atom stereocenters. The summed E-state index contributed by atoms with van der Waals surface area (Å²) in [6, 6.07) is 20.4. The van der Waals surface area contributed by atoms with Crippen LogP contribution < -0.4 is 30.9 Å². The van der Waals surface area contributed by atoms with E-state index in [9.17, 15) is 19.2 Å².